The van der Waals surface area contributed by atoms with Crippen molar-refractivity contribution in [3.63, 3.8) is 0 Å². The molecule has 35 heavy (non-hydrogen) atoms. The molecule has 0 saturated heterocycles. The number of ether oxygens (including phenoxy) is 2. The molecule has 0 atom stereocenters. The summed E-state index contributed by atoms with van der Waals surface area (Å²) in [6.07, 6.45) is 0. The average molecular weight is 491 g/mol. The van der Waals surface area contributed by atoms with Crippen molar-refractivity contribution in [2.45, 2.75) is 6.92 Å². The van der Waals surface area contributed by atoms with Crippen molar-refractivity contribution in [1.29, 1.82) is 0 Å². The molecular weight excluding hydrogens is 472 g/mol. The van der Waals surface area contributed by atoms with Crippen LogP contribution in [-0.2, 0) is 14.3 Å². The van der Waals surface area contributed by atoms with Crippen LogP contribution in [-0.4, -0.2) is 30.9 Å². The van der Waals surface area contributed by atoms with E-state index in [1.807, 2.05) is 19.1 Å². The Hall–Kier alpha value is -4.43. The second kappa shape index (κ2) is 9.82. The van der Waals surface area contributed by atoms with Gasteiger partial charge in [-0.05, 0) is 67.6 Å². The molecule has 0 fully saturated rings. The van der Waals surface area contributed by atoms with Gasteiger partial charge >= 0.3 is 11.9 Å². The van der Waals surface area contributed by atoms with Gasteiger partial charge in [0.05, 0.1) is 23.9 Å². The molecule has 0 aliphatic carbocycles. The lowest BCUT2D eigenvalue weighted by atomic mass is 10.2. The average Bonchev–Trinajstić information content (AvgIpc) is 3.08. The van der Waals surface area contributed by atoms with Crippen molar-refractivity contribution in [3.8, 4) is 5.75 Å². The lowest BCUT2D eigenvalue weighted by Gasteiger charge is -2.15. The van der Waals surface area contributed by atoms with E-state index in [2.05, 4.69) is 10.1 Å². The lowest BCUT2D eigenvalue weighted by molar-refractivity contribution is -0.120. The van der Waals surface area contributed by atoms with E-state index in [0.717, 1.165) is 10.5 Å². The minimum Gasteiger partial charge on any atom is -0.465 e. The Kier molecular flexibility index (Phi) is 6.66. The number of methoxy groups -OCH3 is 1. The highest BCUT2D eigenvalue weighted by Crippen LogP contribution is 2.30. The summed E-state index contributed by atoms with van der Waals surface area (Å²) in [5.41, 5.74) is 2.20. The Morgan fingerprint density at radius 3 is 1.97 bits per heavy atom. The van der Waals surface area contributed by atoms with Gasteiger partial charge in [-0.1, -0.05) is 29.3 Å². The third-order valence-corrected chi connectivity index (χ3v) is 5.55. The molecule has 0 aromatic heterocycles. The van der Waals surface area contributed by atoms with Gasteiger partial charge in [0.1, 0.15) is 16.5 Å². The Morgan fingerprint density at radius 2 is 1.37 bits per heavy atom. The van der Waals surface area contributed by atoms with E-state index in [9.17, 15) is 19.2 Å². The zero-order chi connectivity index (χ0) is 25.1. The van der Waals surface area contributed by atoms with Crippen LogP contribution in [0.1, 0.15) is 26.3 Å². The smallest absolute Gasteiger partial charge is 0.343 e. The highest BCUT2D eigenvalue weighted by molar-refractivity contribution is 6.53. The quantitative estimate of drug-likeness (QED) is 0.309. The van der Waals surface area contributed by atoms with E-state index < -0.39 is 23.8 Å². The summed E-state index contributed by atoms with van der Waals surface area (Å²) >= 11 is 6.16. The predicted molar refractivity (Wildman–Crippen MR) is 129 cm³/mol. The van der Waals surface area contributed by atoms with Gasteiger partial charge in [-0.2, -0.15) is 0 Å². The molecule has 0 radical (unpaired) electrons. The second-order valence-corrected chi connectivity index (χ2v) is 7.96. The monoisotopic (exact) mass is 490 g/mol. The SMILES string of the molecule is COC(=O)c1ccc(N2C(=O)C(Cl)=C(Nc3ccc(C(=O)Oc4ccc(C)cc4)cc3)C2=O)cc1. The molecule has 176 valence electrons. The third kappa shape index (κ3) is 4.92. The maximum Gasteiger partial charge on any atom is 0.343 e. The van der Waals surface area contributed by atoms with Crippen LogP contribution in [0.15, 0.2) is 83.5 Å². The highest BCUT2D eigenvalue weighted by atomic mass is 35.5. The maximum atomic E-state index is 12.9. The molecule has 0 bridgehead atoms. The molecule has 2 amide bonds. The molecule has 1 aliphatic heterocycles. The van der Waals surface area contributed by atoms with Gasteiger partial charge < -0.3 is 14.8 Å². The van der Waals surface area contributed by atoms with E-state index in [-0.39, 0.29) is 22.0 Å². The van der Waals surface area contributed by atoms with E-state index in [1.54, 1.807) is 24.3 Å². The van der Waals surface area contributed by atoms with E-state index >= 15 is 0 Å². The van der Waals surface area contributed by atoms with Gasteiger partial charge in [-0.3, -0.25) is 9.59 Å². The van der Waals surface area contributed by atoms with Crippen molar-refractivity contribution in [1.82, 2.24) is 0 Å². The van der Waals surface area contributed by atoms with Crippen LogP contribution in [0.4, 0.5) is 11.4 Å². The van der Waals surface area contributed by atoms with Crippen LogP contribution >= 0.6 is 11.6 Å². The number of esters is 2. The lowest BCUT2D eigenvalue weighted by Crippen LogP contribution is -2.32. The third-order valence-electron chi connectivity index (χ3n) is 5.20. The fourth-order valence-corrected chi connectivity index (χ4v) is 3.53. The van der Waals surface area contributed by atoms with E-state index in [4.69, 9.17) is 16.3 Å². The Balaban J connectivity index is 1.46. The first-order valence-electron chi connectivity index (χ1n) is 10.4. The number of nitrogens with one attached hydrogen (secondary N) is 1. The summed E-state index contributed by atoms with van der Waals surface area (Å²) in [5.74, 6) is -2.02. The van der Waals surface area contributed by atoms with E-state index in [0.29, 0.717) is 17.0 Å². The van der Waals surface area contributed by atoms with Crippen LogP contribution < -0.4 is 15.0 Å². The first kappa shape index (κ1) is 23.7. The molecular formula is C26H19ClN2O6. The number of carbonyl (C=O) groups is 4. The number of nitrogens with zero attached hydrogens (tertiary/aromatic N) is 1. The van der Waals surface area contributed by atoms with Crippen LogP contribution in [0.2, 0.25) is 0 Å². The molecule has 4 rings (SSSR count). The molecule has 8 nitrogen and oxygen atoms in total. The van der Waals surface area contributed by atoms with Crippen molar-refractivity contribution in [2.24, 2.45) is 0 Å². The Labute approximate surface area is 205 Å². The van der Waals surface area contributed by atoms with Gasteiger partial charge in [0, 0.05) is 5.69 Å². The first-order chi connectivity index (χ1) is 16.8. The van der Waals surface area contributed by atoms with Gasteiger partial charge in [-0.25, -0.2) is 14.5 Å². The summed E-state index contributed by atoms with van der Waals surface area (Å²) in [7, 11) is 1.25. The first-order valence-corrected chi connectivity index (χ1v) is 10.8. The van der Waals surface area contributed by atoms with Crippen molar-refractivity contribution < 1.29 is 28.7 Å². The van der Waals surface area contributed by atoms with Crippen LogP contribution in [0, 0.1) is 6.92 Å². The largest absolute Gasteiger partial charge is 0.465 e. The summed E-state index contributed by atoms with van der Waals surface area (Å²) in [6.45, 7) is 1.93. The molecule has 9 heteroatoms. The molecule has 1 aliphatic rings. The number of benzene rings is 3. The Morgan fingerprint density at radius 1 is 0.800 bits per heavy atom. The summed E-state index contributed by atoms with van der Waals surface area (Å²) < 4.78 is 9.99. The van der Waals surface area contributed by atoms with Gasteiger partial charge in [-0.15, -0.1) is 0 Å². The number of imide groups is 1. The van der Waals surface area contributed by atoms with Crippen molar-refractivity contribution in [2.75, 3.05) is 17.3 Å². The minimum atomic E-state index is -0.705. The second-order valence-electron chi connectivity index (χ2n) is 7.58. The predicted octanol–water partition coefficient (Wildman–Crippen LogP) is 4.44. The number of halogens is 1. The summed E-state index contributed by atoms with van der Waals surface area (Å²) in [4.78, 5) is 50.5. The zero-order valence-electron chi connectivity index (χ0n) is 18.7. The van der Waals surface area contributed by atoms with Gasteiger partial charge in [0.15, 0.2) is 0 Å². The molecule has 0 spiro atoms. The number of rotatable bonds is 6. The number of hydrogen-bond acceptors (Lipinski definition) is 7. The number of amides is 2. The van der Waals surface area contributed by atoms with Crippen molar-refractivity contribution in [3.05, 3.63) is 100 Å². The number of carbonyl (C=O) groups excluding carboxylic acids is 4. The van der Waals surface area contributed by atoms with Crippen LogP contribution in [0.3, 0.4) is 0 Å². The number of aryl methyl sites for hydroxylation is 1. The molecule has 3 aromatic carbocycles. The number of hydrogen-bond donors (Lipinski definition) is 1. The minimum absolute atomic E-state index is 0.108. The number of anilines is 2. The maximum absolute atomic E-state index is 12.9. The van der Waals surface area contributed by atoms with Crippen molar-refractivity contribution >= 4 is 46.7 Å². The van der Waals surface area contributed by atoms with Gasteiger partial charge in [0.2, 0.25) is 0 Å². The standard InChI is InChI=1S/C26H19ClN2O6/c1-15-3-13-20(14-4-15)35-26(33)17-5-9-18(10-6-17)28-22-21(27)23(30)29(24(22)31)19-11-7-16(8-12-19)25(32)34-2/h3-14,28H,1-2H3. The molecule has 1 N–H and O–H groups in total. The fraction of sp³-hybridized carbons (Fsp3) is 0.0769. The van der Waals surface area contributed by atoms with Gasteiger partial charge in [0.25, 0.3) is 11.8 Å². The van der Waals surface area contributed by atoms with E-state index in [1.165, 1.54) is 43.5 Å². The highest BCUT2D eigenvalue weighted by Gasteiger charge is 2.39. The Bertz CT molecular complexity index is 1350. The van der Waals surface area contributed by atoms with Crippen LogP contribution in [0.5, 0.6) is 5.75 Å². The summed E-state index contributed by atoms with van der Waals surface area (Å²) in [6, 6.07) is 19.0. The topological polar surface area (TPSA) is 102 Å². The zero-order valence-corrected chi connectivity index (χ0v) is 19.5. The molecule has 3 aromatic rings. The van der Waals surface area contributed by atoms with Crippen LogP contribution in [0.25, 0.3) is 0 Å². The molecule has 1 heterocycles. The normalized spacial score (nSPS) is 13.2. The fourth-order valence-electron chi connectivity index (χ4n) is 3.32. The summed E-state index contributed by atoms with van der Waals surface area (Å²) in [5, 5.41) is 2.56. The molecule has 0 unspecified atom stereocenters. The molecule has 0 saturated carbocycles.